The van der Waals surface area contributed by atoms with Crippen LogP contribution in [0.4, 0.5) is 0 Å². The van der Waals surface area contributed by atoms with E-state index in [0.29, 0.717) is 0 Å². The highest BCUT2D eigenvalue weighted by Crippen LogP contribution is 2.24. The van der Waals surface area contributed by atoms with Gasteiger partial charge in [-0.3, -0.25) is 0 Å². The molecule has 1 N–H and O–H groups in total. The third-order valence-corrected chi connectivity index (χ3v) is 2.90. The van der Waals surface area contributed by atoms with E-state index in [1.807, 2.05) is 29.7 Å². The normalized spacial score (nSPS) is 11.7. The van der Waals surface area contributed by atoms with E-state index in [9.17, 15) is 0 Å². The molecule has 1 nitrogen and oxygen atoms in total. The average molecular weight is 216 g/mol. The number of hydrogen-bond acceptors (Lipinski definition) is 2. The number of hydrogen-bond donors (Lipinski definition) is 1. The molecule has 0 saturated heterocycles. The molecule has 0 aliphatic heterocycles. The number of thiophene rings is 1. The van der Waals surface area contributed by atoms with E-state index in [1.165, 1.54) is 5.56 Å². The Morgan fingerprint density at radius 3 is 2.53 bits per heavy atom. The van der Waals surface area contributed by atoms with E-state index in [4.69, 9.17) is 5.11 Å². The molecule has 0 atom stereocenters. The van der Waals surface area contributed by atoms with Crippen LogP contribution in [-0.4, -0.2) is 11.7 Å². The molecule has 0 aliphatic carbocycles. The van der Waals surface area contributed by atoms with Crippen LogP contribution < -0.4 is 0 Å². The van der Waals surface area contributed by atoms with Crippen molar-refractivity contribution in [1.29, 1.82) is 0 Å². The zero-order valence-electron chi connectivity index (χ0n) is 8.26. The van der Waals surface area contributed by atoms with Crippen molar-refractivity contribution in [2.45, 2.75) is 0 Å². The highest BCUT2D eigenvalue weighted by molar-refractivity contribution is 7.08. The molecule has 0 amide bonds. The molecule has 15 heavy (non-hydrogen) atoms. The van der Waals surface area contributed by atoms with E-state index in [0.717, 1.165) is 11.1 Å². The lowest BCUT2D eigenvalue weighted by molar-refractivity contribution is 0.343. The van der Waals surface area contributed by atoms with Crippen molar-refractivity contribution in [2.24, 2.45) is 0 Å². The Bertz CT molecular complexity index is 429. The first kappa shape index (κ1) is 10.1. The van der Waals surface area contributed by atoms with E-state index in [1.54, 1.807) is 11.3 Å². The largest absolute Gasteiger partial charge is 0.392 e. The summed E-state index contributed by atoms with van der Waals surface area (Å²) in [6.07, 6.45) is 1.84. The third kappa shape index (κ3) is 2.35. The summed E-state index contributed by atoms with van der Waals surface area (Å²) in [5.41, 5.74) is 3.41. The van der Waals surface area contributed by atoms with Gasteiger partial charge in [-0.2, -0.15) is 11.3 Å². The fraction of sp³-hybridized carbons (Fsp3) is 0.0769. The van der Waals surface area contributed by atoms with Crippen molar-refractivity contribution in [3.05, 3.63) is 64.4 Å². The second-order valence-electron chi connectivity index (χ2n) is 3.18. The highest BCUT2D eigenvalue weighted by Gasteiger charge is 2.03. The van der Waals surface area contributed by atoms with Crippen LogP contribution in [0.5, 0.6) is 0 Å². The van der Waals surface area contributed by atoms with Gasteiger partial charge in [0.05, 0.1) is 6.61 Å². The van der Waals surface area contributed by atoms with Crippen LogP contribution in [0.25, 0.3) is 5.57 Å². The van der Waals surface area contributed by atoms with E-state index >= 15 is 0 Å². The lowest BCUT2D eigenvalue weighted by Crippen LogP contribution is -1.87. The molecule has 2 aromatic rings. The Morgan fingerprint density at radius 2 is 1.93 bits per heavy atom. The van der Waals surface area contributed by atoms with E-state index in [-0.39, 0.29) is 6.61 Å². The summed E-state index contributed by atoms with van der Waals surface area (Å²) < 4.78 is 0. The van der Waals surface area contributed by atoms with Crippen LogP contribution in [0.15, 0.2) is 53.2 Å². The SMILES string of the molecule is OC/C=C(/c1ccccc1)c1ccsc1. The third-order valence-electron chi connectivity index (χ3n) is 2.21. The van der Waals surface area contributed by atoms with Crippen LogP contribution in [-0.2, 0) is 0 Å². The van der Waals surface area contributed by atoms with Crippen molar-refractivity contribution in [2.75, 3.05) is 6.61 Å². The number of aliphatic hydroxyl groups excluding tert-OH is 1. The highest BCUT2D eigenvalue weighted by atomic mass is 32.1. The fourth-order valence-electron chi connectivity index (χ4n) is 1.53. The van der Waals surface area contributed by atoms with Crippen LogP contribution in [0.1, 0.15) is 11.1 Å². The topological polar surface area (TPSA) is 20.2 Å². The molecule has 2 heteroatoms. The molecule has 1 aromatic heterocycles. The van der Waals surface area contributed by atoms with E-state index < -0.39 is 0 Å². The minimum absolute atomic E-state index is 0.0695. The molecule has 1 heterocycles. The second kappa shape index (κ2) is 4.91. The molecule has 0 aliphatic rings. The average Bonchev–Trinajstić information content (AvgIpc) is 2.80. The molecular formula is C13H12OS. The van der Waals surface area contributed by atoms with Crippen LogP contribution in [0.2, 0.25) is 0 Å². The first-order valence-corrected chi connectivity index (χ1v) is 5.75. The Balaban J connectivity index is 2.42. The minimum atomic E-state index is 0.0695. The predicted octanol–water partition coefficient (Wildman–Crippen LogP) is 3.17. The van der Waals surface area contributed by atoms with Crippen molar-refractivity contribution < 1.29 is 5.11 Å². The smallest absolute Gasteiger partial charge is 0.0621 e. The second-order valence-corrected chi connectivity index (χ2v) is 3.96. The molecule has 2 rings (SSSR count). The van der Waals surface area contributed by atoms with Gasteiger partial charge in [0.1, 0.15) is 0 Å². The molecule has 1 aromatic carbocycles. The summed E-state index contributed by atoms with van der Waals surface area (Å²) in [5, 5.41) is 13.2. The van der Waals surface area contributed by atoms with Crippen LogP contribution in [0, 0.1) is 0 Å². The summed E-state index contributed by atoms with van der Waals surface area (Å²) in [7, 11) is 0. The zero-order chi connectivity index (χ0) is 10.5. The van der Waals surface area contributed by atoms with Gasteiger partial charge in [-0.15, -0.1) is 0 Å². The molecule has 0 radical (unpaired) electrons. The summed E-state index contributed by atoms with van der Waals surface area (Å²) in [5.74, 6) is 0. The summed E-state index contributed by atoms with van der Waals surface area (Å²) in [6, 6.07) is 12.2. The molecule has 0 bridgehead atoms. The summed E-state index contributed by atoms with van der Waals surface area (Å²) >= 11 is 1.67. The summed E-state index contributed by atoms with van der Waals surface area (Å²) in [6.45, 7) is 0.0695. The predicted molar refractivity (Wildman–Crippen MR) is 64.9 cm³/mol. The fourth-order valence-corrected chi connectivity index (χ4v) is 2.18. The van der Waals surface area contributed by atoms with Gasteiger partial charge in [-0.05, 0) is 33.5 Å². The van der Waals surface area contributed by atoms with Gasteiger partial charge in [0.25, 0.3) is 0 Å². The number of rotatable bonds is 3. The Labute approximate surface area is 93.3 Å². The molecule has 0 unspecified atom stereocenters. The van der Waals surface area contributed by atoms with Crippen molar-refractivity contribution in [1.82, 2.24) is 0 Å². The maximum Gasteiger partial charge on any atom is 0.0621 e. The zero-order valence-corrected chi connectivity index (χ0v) is 9.08. The molecule has 0 spiro atoms. The van der Waals surface area contributed by atoms with Gasteiger partial charge in [-0.1, -0.05) is 36.4 Å². The molecular weight excluding hydrogens is 204 g/mol. The Hall–Kier alpha value is -1.38. The van der Waals surface area contributed by atoms with Crippen molar-refractivity contribution in [3.63, 3.8) is 0 Å². The maximum absolute atomic E-state index is 9.02. The van der Waals surface area contributed by atoms with Crippen LogP contribution >= 0.6 is 11.3 Å². The Morgan fingerprint density at radius 1 is 1.13 bits per heavy atom. The lowest BCUT2D eigenvalue weighted by atomic mass is 10.0. The van der Waals surface area contributed by atoms with Crippen LogP contribution in [0.3, 0.4) is 0 Å². The number of aliphatic hydroxyl groups is 1. The maximum atomic E-state index is 9.02. The first-order valence-electron chi connectivity index (χ1n) is 4.81. The Kier molecular flexibility index (Phi) is 3.33. The van der Waals surface area contributed by atoms with Gasteiger partial charge >= 0.3 is 0 Å². The van der Waals surface area contributed by atoms with Crippen molar-refractivity contribution >= 4 is 16.9 Å². The summed E-state index contributed by atoms with van der Waals surface area (Å²) in [4.78, 5) is 0. The standard InChI is InChI=1S/C13H12OS/c14-8-6-13(12-7-9-15-10-12)11-4-2-1-3-5-11/h1-7,9-10,14H,8H2/b13-6-. The quantitative estimate of drug-likeness (QED) is 0.835. The first-order chi connectivity index (χ1) is 7.42. The van der Waals surface area contributed by atoms with Gasteiger partial charge in [-0.25, -0.2) is 0 Å². The molecule has 0 saturated carbocycles. The van der Waals surface area contributed by atoms with Crippen molar-refractivity contribution in [3.8, 4) is 0 Å². The van der Waals surface area contributed by atoms with Gasteiger partial charge in [0.2, 0.25) is 0 Å². The molecule has 0 fully saturated rings. The number of benzene rings is 1. The lowest BCUT2D eigenvalue weighted by Gasteiger charge is -2.05. The minimum Gasteiger partial charge on any atom is -0.392 e. The van der Waals surface area contributed by atoms with Gasteiger partial charge in [0, 0.05) is 0 Å². The van der Waals surface area contributed by atoms with E-state index in [2.05, 4.69) is 23.6 Å². The monoisotopic (exact) mass is 216 g/mol. The van der Waals surface area contributed by atoms with Gasteiger partial charge < -0.3 is 5.11 Å². The molecule has 76 valence electrons. The van der Waals surface area contributed by atoms with Gasteiger partial charge in [0.15, 0.2) is 0 Å².